The number of primary sulfonamides is 1. The van der Waals surface area contributed by atoms with Crippen molar-refractivity contribution in [2.45, 2.75) is 17.9 Å². The lowest BCUT2D eigenvalue weighted by molar-refractivity contribution is -0.123. The second-order valence-corrected chi connectivity index (χ2v) is 9.20. The van der Waals surface area contributed by atoms with Crippen molar-refractivity contribution in [2.24, 2.45) is 5.14 Å². The Kier molecular flexibility index (Phi) is 6.76. The van der Waals surface area contributed by atoms with Crippen molar-refractivity contribution < 1.29 is 22.7 Å². The average Bonchev–Trinajstić information content (AvgIpc) is 3.31. The predicted molar refractivity (Wildman–Crippen MR) is 130 cm³/mol. The third-order valence-corrected chi connectivity index (χ3v) is 6.02. The lowest BCUT2D eigenvalue weighted by Gasteiger charge is -2.14. The molecule has 0 aliphatic heterocycles. The average molecular weight is 491 g/mol. The van der Waals surface area contributed by atoms with Gasteiger partial charge in [-0.15, -0.1) is 0 Å². The molecular weight excluding hydrogens is 468 g/mol. The fourth-order valence-corrected chi connectivity index (χ4v) is 3.80. The number of carbonyl (C=O) groups excluding carboxylic acids is 2. The molecule has 0 saturated heterocycles. The summed E-state index contributed by atoms with van der Waals surface area (Å²) >= 11 is 0. The van der Waals surface area contributed by atoms with Crippen molar-refractivity contribution in [3.8, 4) is 16.9 Å². The zero-order valence-corrected chi connectivity index (χ0v) is 19.5. The number of nitrogens with zero attached hydrogens (tertiary/aromatic N) is 2. The fraction of sp³-hybridized carbons (Fsp3) is 0.0800. The highest BCUT2D eigenvalue weighted by Crippen LogP contribution is 2.23. The Bertz CT molecular complexity index is 1450. The monoisotopic (exact) mass is 490 g/mol. The van der Waals surface area contributed by atoms with Crippen LogP contribution in [0.2, 0.25) is 0 Å². The molecule has 0 saturated carbocycles. The standard InChI is InChI=1S/C25H22N4O5S/c1-17(24(30)27-19-12-14-21(15-13-19)35(26,32)33)34-25(31)23-16-22(18-8-4-2-5-9-18)28-29(23)20-10-6-3-7-11-20/h2-17H,1H3,(H,27,30)(H2,26,32,33). The van der Waals surface area contributed by atoms with Crippen LogP contribution >= 0.6 is 0 Å². The highest BCUT2D eigenvalue weighted by atomic mass is 32.2. The van der Waals surface area contributed by atoms with Crippen LogP contribution in [0.15, 0.2) is 95.9 Å². The van der Waals surface area contributed by atoms with Gasteiger partial charge in [0.15, 0.2) is 11.8 Å². The van der Waals surface area contributed by atoms with E-state index >= 15 is 0 Å². The van der Waals surface area contributed by atoms with E-state index in [9.17, 15) is 18.0 Å². The highest BCUT2D eigenvalue weighted by molar-refractivity contribution is 7.89. The highest BCUT2D eigenvalue weighted by Gasteiger charge is 2.24. The predicted octanol–water partition coefficient (Wildman–Crippen LogP) is 3.37. The summed E-state index contributed by atoms with van der Waals surface area (Å²) < 4.78 is 29.7. The minimum atomic E-state index is -3.85. The van der Waals surface area contributed by atoms with E-state index in [-0.39, 0.29) is 10.6 Å². The van der Waals surface area contributed by atoms with Gasteiger partial charge in [-0.2, -0.15) is 5.10 Å². The van der Waals surface area contributed by atoms with Crippen LogP contribution in [-0.2, 0) is 19.6 Å². The molecule has 3 N–H and O–H groups in total. The van der Waals surface area contributed by atoms with Crippen LogP contribution in [0.4, 0.5) is 5.69 Å². The Hall–Kier alpha value is -4.28. The number of aromatic nitrogens is 2. The summed E-state index contributed by atoms with van der Waals surface area (Å²) in [5.74, 6) is -1.31. The molecule has 1 unspecified atom stereocenters. The largest absolute Gasteiger partial charge is 0.448 e. The van der Waals surface area contributed by atoms with Crippen LogP contribution in [0.25, 0.3) is 16.9 Å². The zero-order valence-electron chi connectivity index (χ0n) is 18.7. The molecule has 0 aliphatic carbocycles. The summed E-state index contributed by atoms with van der Waals surface area (Å²) in [6, 6.07) is 25.4. The van der Waals surface area contributed by atoms with Crippen LogP contribution in [0, 0.1) is 0 Å². The third kappa shape index (κ3) is 5.62. The van der Waals surface area contributed by atoms with Crippen LogP contribution in [0.3, 0.4) is 0 Å². The number of hydrogen-bond acceptors (Lipinski definition) is 6. The molecule has 0 aliphatic rings. The Morgan fingerprint density at radius 1 is 0.943 bits per heavy atom. The number of rotatable bonds is 7. The molecule has 1 aromatic heterocycles. The van der Waals surface area contributed by atoms with Crippen LogP contribution in [0.1, 0.15) is 17.4 Å². The summed E-state index contributed by atoms with van der Waals surface area (Å²) in [5, 5.41) is 12.2. The number of ether oxygens (including phenoxy) is 1. The first-order valence-electron chi connectivity index (χ1n) is 10.6. The molecule has 35 heavy (non-hydrogen) atoms. The van der Waals surface area contributed by atoms with Gasteiger partial charge in [-0.3, -0.25) is 4.79 Å². The van der Waals surface area contributed by atoms with Gasteiger partial charge in [0, 0.05) is 11.3 Å². The molecule has 0 spiro atoms. The van der Waals surface area contributed by atoms with E-state index in [1.807, 2.05) is 48.5 Å². The molecule has 10 heteroatoms. The zero-order chi connectivity index (χ0) is 25.0. The molecule has 0 fully saturated rings. The number of nitrogens with one attached hydrogen (secondary N) is 1. The summed E-state index contributed by atoms with van der Waals surface area (Å²) in [5.41, 5.74) is 2.55. The maximum Gasteiger partial charge on any atom is 0.357 e. The SMILES string of the molecule is CC(OC(=O)c1cc(-c2ccccc2)nn1-c1ccccc1)C(=O)Nc1ccc(S(N)(=O)=O)cc1. The first-order chi connectivity index (χ1) is 16.7. The number of esters is 1. The summed E-state index contributed by atoms with van der Waals surface area (Å²) in [7, 11) is -3.85. The van der Waals surface area contributed by atoms with Gasteiger partial charge < -0.3 is 10.1 Å². The molecule has 4 rings (SSSR count). The van der Waals surface area contributed by atoms with Crippen molar-refractivity contribution in [3.05, 3.63) is 96.7 Å². The van der Waals surface area contributed by atoms with Crippen LogP contribution in [0.5, 0.6) is 0 Å². The van der Waals surface area contributed by atoms with Gasteiger partial charge in [-0.25, -0.2) is 23.0 Å². The Morgan fingerprint density at radius 2 is 1.54 bits per heavy atom. The van der Waals surface area contributed by atoms with Gasteiger partial charge >= 0.3 is 5.97 Å². The van der Waals surface area contributed by atoms with Gasteiger partial charge in [0.25, 0.3) is 5.91 Å². The number of anilines is 1. The van der Waals surface area contributed by atoms with Crippen molar-refractivity contribution in [1.82, 2.24) is 9.78 Å². The second-order valence-electron chi connectivity index (χ2n) is 7.63. The molecule has 1 heterocycles. The smallest absolute Gasteiger partial charge is 0.357 e. The first kappa shape index (κ1) is 23.9. The molecule has 0 radical (unpaired) electrons. The second kappa shape index (κ2) is 9.92. The first-order valence-corrected chi connectivity index (χ1v) is 12.1. The lowest BCUT2D eigenvalue weighted by atomic mass is 10.1. The van der Waals surface area contributed by atoms with E-state index in [1.165, 1.54) is 35.9 Å². The molecular formula is C25H22N4O5S. The Morgan fingerprint density at radius 3 is 2.14 bits per heavy atom. The molecule has 1 atom stereocenters. The topological polar surface area (TPSA) is 133 Å². The molecule has 9 nitrogen and oxygen atoms in total. The van der Waals surface area contributed by atoms with Crippen LogP contribution < -0.4 is 10.5 Å². The maximum atomic E-state index is 13.1. The maximum absolute atomic E-state index is 13.1. The van der Waals surface area contributed by atoms with Crippen molar-refractivity contribution in [2.75, 3.05) is 5.32 Å². The Balaban J connectivity index is 1.53. The molecule has 3 aromatic carbocycles. The van der Waals surface area contributed by atoms with Crippen LogP contribution in [-0.4, -0.2) is 36.2 Å². The van der Waals surface area contributed by atoms with Gasteiger partial charge in [-0.1, -0.05) is 48.5 Å². The van der Waals surface area contributed by atoms with E-state index in [2.05, 4.69) is 10.4 Å². The van der Waals surface area contributed by atoms with Crippen molar-refractivity contribution >= 4 is 27.6 Å². The molecule has 178 valence electrons. The van der Waals surface area contributed by atoms with Gasteiger partial charge in [0.05, 0.1) is 16.3 Å². The van der Waals surface area contributed by atoms with Gasteiger partial charge in [-0.05, 0) is 49.4 Å². The summed E-state index contributed by atoms with van der Waals surface area (Å²) in [4.78, 5) is 25.6. The number of carbonyl (C=O) groups is 2. The Labute approximate surface area is 202 Å². The molecule has 4 aromatic rings. The quantitative estimate of drug-likeness (QED) is 0.382. The third-order valence-electron chi connectivity index (χ3n) is 5.09. The number of benzene rings is 3. The summed E-state index contributed by atoms with van der Waals surface area (Å²) in [6.07, 6.45) is -1.14. The van der Waals surface area contributed by atoms with E-state index in [4.69, 9.17) is 9.88 Å². The normalized spacial score (nSPS) is 12.1. The number of hydrogen-bond donors (Lipinski definition) is 2. The van der Waals surface area contributed by atoms with E-state index < -0.39 is 28.0 Å². The van der Waals surface area contributed by atoms with E-state index in [1.54, 1.807) is 18.2 Å². The number of amides is 1. The fourth-order valence-electron chi connectivity index (χ4n) is 3.29. The van der Waals surface area contributed by atoms with Crippen molar-refractivity contribution in [1.29, 1.82) is 0 Å². The number of nitrogens with two attached hydrogens (primary N) is 1. The number of sulfonamides is 1. The molecule has 0 bridgehead atoms. The van der Waals surface area contributed by atoms with Crippen molar-refractivity contribution in [3.63, 3.8) is 0 Å². The number of para-hydroxylation sites is 1. The molecule has 1 amide bonds. The minimum absolute atomic E-state index is 0.0848. The van der Waals surface area contributed by atoms with Gasteiger partial charge in [0.2, 0.25) is 10.0 Å². The van der Waals surface area contributed by atoms with E-state index in [0.717, 1.165) is 5.56 Å². The minimum Gasteiger partial charge on any atom is -0.448 e. The lowest BCUT2D eigenvalue weighted by Crippen LogP contribution is -2.30. The van der Waals surface area contributed by atoms with E-state index in [0.29, 0.717) is 17.1 Å². The summed E-state index contributed by atoms with van der Waals surface area (Å²) in [6.45, 7) is 1.44. The van der Waals surface area contributed by atoms with Gasteiger partial charge in [0.1, 0.15) is 0 Å².